The zero-order chi connectivity index (χ0) is 21.5. The minimum atomic E-state index is 0.0530. The Bertz CT molecular complexity index is 790. The van der Waals surface area contributed by atoms with Crippen LogP contribution in [0.2, 0.25) is 0 Å². The molecule has 0 amide bonds. The maximum atomic E-state index is 9.10. The van der Waals surface area contributed by atoms with Crippen molar-refractivity contribution in [3.63, 3.8) is 0 Å². The second kappa shape index (κ2) is 10.4. The monoisotopic (exact) mass is 416 g/mol. The van der Waals surface area contributed by atoms with E-state index in [1.807, 2.05) is 24.3 Å². The third-order valence-electron chi connectivity index (χ3n) is 5.71. The maximum Gasteiger partial charge on any atom is 0.207 e. The number of fused-ring (bicyclic) bond motifs is 1. The molecule has 0 fully saturated rings. The normalized spacial score (nSPS) is 13.1. The summed E-state index contributed by atoms with van der Waals surface area (Å²) in [6, 6.07) is 7.57. The Balaban J connectivity index is 1.57. The molecule has 0 atom stereocenters. The summed E-state index contributed by atoms with van der Waals surface area (Å²) in [5, 5.41) is 9.10. The molecule has 0 heterocycles. The first-order chi connectivity index (χ1) is 14.7. The van der Waals surface area contributed by atoms with E-state index in [2.05, 4.69) is 0 Å². The Labute approximate surface area is 178 Å². The fraction of sp³-hybridized carbons (Fsp3) is 0.500. The van der Waals surface area contributed by atoms with Crippen molar-refractivity contribution in [2.75, 3.05) is 35.0 Å². The second-order valence-electron chi connectivity index (χ2n) is 7.51. The molecule has 1 N–H and O–H groups in total. The maximum absolute atomic E-state index is 9.10. The van der Waals surface area contributed by atoms with E-state index in [0.717, 1.165) is 66.0 Å². The van der Waals surface area contributed by atoms with Crippen molar-refractivity contribution in [3.05, 3.63) is 41.0 Å². The molecule has 0 bridgehead atoms. The highest BCUT2D eigenvalue weighted by Gasteiger charge is 2.33. The van der Waals surface area contributed by atoms with Crippen LogP contribution in [-0.2, 0) is 19.4 Å². The smallest absolute Gasteiger partial charge is 0.207 e. The van der Waals surface area contributed by atoms with E-state index in [0.29, 0.717) is 24.0 Å². The van der Waals surface area contributed by atoms with Gasteiger partial charge in [-0.2, -0.15) is 0 Å². The quantitative estimate of drug-likeness (QED) is 0.555. The topological polar surface area (TPSA) is 66.4 Å². The molecular weight excluding hydrogens is 384 g/mol. The Hall–Kier alpha value is -2.60. The Kier molecular flexibility index (Phi) is 7.69. The number of methoxy groups -OCH3 is 4. The van der Waals surface area contributed by atoms with E-state index < -0.39 is 0 Å². The van der Waals surface area contributed by atoms with Crippen LogP contribution in [0.3, 0.4) is 0 Å². The van der Waals surface area contributed by atoms with Crippen molar-refractivity contribution in [1.29, 1.82) is 0 Å². The molecule has 1 aliphatic carbocycles. The summed E-state index contributed by atoms with van der Waals surface area (Å²) in [6.07, 6.45) is 5.08. The fourth-order valence-corrected chi connectivity index (χ4v) is 4.26. The first kappa shape index (κ1) is 22.1. The van der Waals surface area contributed by atoms with Crippen molar-refractivity contribution in [3.8, 4) is 28.7 Å². The molecule has 0 unspecified atom stereocenters. The lowest BCUT2D eigenvalue weighted by molar-refractivity contribution is 0.280. The van der Waals surface area contributed by atoms with Crippen molar-refractivity contribution in [1.82, 2.24) is 0 Å². The number of rotatable bonds is 11. The molecule has 30 heavy (non-hydrogen) atoms. The van der Waals surface area contributed by atoms with Crippen LogP contribution in [0.5, 0.6) is 28.7 Å². The zero-order valence-corrected chi connectivity index (χ0v) is 18.3. The van der Waals surface area contributed by atoms with E-state index in [-0.39, 0.29) is 6.61 Å². The summed E-state index contributed by atoms with van der Waals surface area (Å²) >= 11 is 0. The van der Waals surface area contributed by atoms with Crippen LogP contribution < -0.4 is 23.7 Å². The van der Waals surface area contributed by atoms with Gasteiger partial charge in [-0.3, -0.25) is 0 Å². The van der Waals surface area contributed by atoms with Crippen molar-refractivity contribution < 1.29 is 28.8 Å². The third-order valence-corrected chi connectivity index (χ3v) is 5.71. The minimum Gasteiger partial charge on any atom is -0.494 e. The first-order valence-corrected chi connectivity index (χ1v) is 10.4. The molecule has 6 nitrogen and oxygen atoms in total. The zero-order valence-electron chi connectivity index (χ0n) is 18.3. The molecule has 0 spiro atoms. The van der Waals surface area contributed by atoms with Gasteiger partial charge in [0.1, 0.15) is 5.75 Å². The predicted molar refractivity (Wildman–Crippen MR) is 115 cm³/mol. The van der Waals surface area contributed by atoms with E-state index in [1.54, 1.807) is 28.4 Å². The molecule has 1 aliphatic rings. The largest absolute Gasteiger partial charge is 0.494 e. The van der Waals surface area contributed by atoms with Gasteiger partial charge >= 0.3 is 0 Å². The van der Waals surface area contributed by atoms with Crippen LogP contribution in [0.4, 0.5) is 0 Å². The molecular formula is C24H32O6. The first-order valence-electron chi connectivity index (χ1n) is 10.4. The van der Waals surface area contributed by atoms with Crippen LogP contribution in [0.15, 0.2) is 24.3 Å². The lowest BCUT2D eigenvalue weighted by atomic mass is 9.99. The van der Waals surface area contributed by atoms with Crippen LogP contribution >= 0.6 is 0 Å². The predicted octanol–water partition coefficient (Wildman–Crippen LogP) is 4.18. The van der Waals surface area contributed by atoms with Gasteiger partial charge in [-0.15, -0.1) is 0 Å². The molecule has 0 saturated heterocycles. The molecule has 3 rings (SSSR count). The Morgan fingerprint density at radius 1 is 0.767 bits per heavy atom. The third kappa shape index (κ3) is 4.59. The summed E-state index contributed by atoms with van der Waals surface area (Å²) in [5.74, 6) is 4.07. The molecule has 0 aliphatic heterocycles. The average Bonchev–Trinajstić information content (AvgIpc) is 3.20. The van der Waals surface area contributed by atoms with Gasteiger partial charge in [-0.1, -0.05) is 12.1 Å². The van der Waals surface area contributed by atoms with Crippen LogP contribution in [-0.4, -0.2) is 40.2 Å². The van der Waals surface area contributed by atoms with Gasteiger partial charge in [0.15, 0.2) is 11.5 Å². The molecule has 0 saturated carbocycles. The lowest BCUT2D eigenvalue weighted by Crippen LogP contribution is -2.03. The standard InChI is InChI=1S/C24H32O6/c1-26-21-19-13-17(14-20(19)22(27-2)24(29-4)23(21)28-3)7-5-6-12-30-18-10-8-16(15-25)9-11-18/h8-11,17,25H,5-7,12-15H2,1-4H3. The summed E-state index contributed by atoms with van der Waals surface area (Å²) in [5.41, 5.74) is 3.22. The highest BCUT2D eigenvalue weighted by Crippen LogP contribution is 2.53. The number of hydrogen-bond acceptors (Lipinski definition) is 6. The van der Waals surface area contributed by atoms with Gasteiger partial charge < -0.3 is 28.8 Å². The van der Waals surface area contributed by atoms with Gasteiger partial charge in [0.25, 0.3) is 0 Å². The molecule has 164 valence electrons. The van der Waals surface area contributed by atoms with E-state index in [1.165, 1.54) is 0 Å². The molecule has 2 aromatic carbocycles. The van der Waals surface area contributed by atoms with Crippen molar-refractivity contribution in [2.45, 2.75) is 38.7 Å². The van der Waals surface area contributed by atoms with Gasteiger partial charge in [-0.25, -0.2) is 0 Å². The van der Waals surface area contributed by atoms with Crippen LogP contribution in [0.1, 0.15) is 36.0 Å². The van der Waals surface area contributed by atoms with Gasteiger partial charge in [0.05, 0.1) is 41.7 Å². The van der Waals surface area contributed by atoms with Crippen molar-refractivity contribution >= 4 is 0 Å². The highest BCUT2D eigenvalue weighted by atomic mass is 16.5. The van der Waals surface area contributed by atoms with Gasteiger partial charge in [0.2, 0.25) is 11.5 Å². The molecule has 0 radical (unpaired) electrons. The summed E-state index contributed by atoms with van der Waals surface area (Å²) in [6.45, 7) is 0.740. The molecule has 0 aromatic heterocycles. The Morgan fingerprint density at radius 3 is 1.77 bits per heavy atom. The summed E-state index contributed by atoms with van der Waals surface area (Å²) in [4.78, 5) is 0. The lowest BCUT2D eigenvalue weighted by Gasteiger charge is -2.19. The molecule has 6 heteroatoms. The number of aliphatic hydroxyl groups is 1. The average molecular weight is 417 g/mol. The Morgan fingerprint density at radius 2 is 1.30 bits per heavy atom. The van der Waals surface area contributed by atoms with Gasteiger partial charge in [0, 0.05) is 11.1 Å². The summed E-state index contributed by atoms with van der Waals surface area (Å²) in [7, 11) is 6.58. The number of unbranched alkanes of at least 4 members (excludes halogenated alkanes) is 1. The fourth-order valence-electron chi connectivity index (χ4n) is 4.26. The highest BCUT2D eigenvalue weighted by molar-refractivity contribution is 5.68. The van der Waals surface area contributed by atoms with Crippen molar-refractivity contribution in [2.24, 2.45) is 5.92 Å². The van der Waals surface area contributed by atoms with Gasteiger partial charge in [-0.05, 0) is 55.7 Å². The summed E-state index contributed by atoms with van der Waals surface area (Å²) < 4.78 is 28.3. The number of ether oxygens (including phenoxy) is 5. The van der Waals surface area contributed by atoms with Crippen LogP contribution in [0.25, 0.3) is 0 Å². The van der Waals surface area contributed by atoms with E-state index in [9.17, 15) is 0 Å². The number of hydrogen-bond donors (Lipinski definition) is 1. The van der Waals surface area contributed by atoms with E-state index >= 15 is 0 Å². The van der Waals surface area contributed by atoms with Crippen LogP contribution in [0, 0.1) is 5.92 Å². The number of aliphatic hydroxyl groups excluding tert-OH is 1. The minimum absolute atomic E-state index is 0.0530. The van der Waals surface area contributed by atoms with E-state index in [4.69, 9.17) is 28.8 Å². The SMILES string of the molecule is COc1c2c(c(OC)c(OC)c1OC)CC(CCCCOc1ccc(CO)cc1)C2. The second-order valence-corrected chi connectivity index (χ2v) is 7.51. The number of benzene rings is 2. The molecule has 2 aromatic rings.